The quantitative estimate of drug-likeness (QED) is 0.788. The third-order valence-corrected chi connectivity index (χ3v) is 4.96. The summed E-state index contributed by atoms with van der Waals surface area (Å²) in [7, 11) is 1.70. The van der Waals surface area contributed by atoms with Crippen LogP contribution in [0.1, 0.15) is 31.0 Å². The molecule has 1 aromatic carbocycles. The van der Waals surface area contributed by atoms with E-state index in [0.29, 0.717) is 6.04 Å². The number of rotatable bonds is 4. The Morgan fingerprint density at radius 3 is 2.42 bits per heavy atom. The van der Waals surface area contributed by atoms with Gasteiger partial charge in [0.15, 0.2) is 0 Å². The molecule has 1 atom stereocenters. The Kier molecular flexibility index (Phi) is 5.54. The summed E-state index contributed by atoms with van der Waals surface area (Å²) in [4.78, 5) is 2.55. The van der Waals surface area contributed by atoms with E-state index in [1.807, 2.05) is 6.07 Å². The zero-order chi connectivity index (χ0) is 16.9. The normalized spacial score (nSPS) is 18.5. The monoisotopic (exact) mass is 324 g/mol. The molecule has 3 heteroatoms. The van der Waals surface area contributed by atoms with Gasteiger partial charge in [-0.2, -0.15) is 0 Å². The van der Waals surface area contributed by atoms with Crippen LogP contribution in [0, 0.1) is 0 Å². The average molecular weight is 324 g/mol. The second-order valence-electron chi connectivity index (χ2n) is 6.36. The molecule has 0 aromatic heterocycles. The van der Waals surface area contributed by atoms with Crippen LogP contribution in [-0.2, 0) is 6.42 Å². The molecular weight excluding hydrogens is 296 g/mol. The molecule has 1 unspecified atom stereocenters. The highest BCUT2D eigenvalue weighted by Crippen LogP contribution is 2.43. The molecular formula is C21H28N2O. The fourth-order valence-corrected chi connectivity index (χ4v) is 3.33. The lowest BCUT2D eigenvalue weighted by Crippen LogP contribution is -2.45. The predicted molar refractivity (Wildman–Crippen MR) is 101 cm³/mol. The van der Waals surface area contributed by atoms with Gasteiger partial charge in [-0.25, -0.2) is 0 Å². The fraction of sp³-hybridized carbons (Fsp3) is 0.429. The van der Waals surface area contributed by atoms with Crippen LogP contribution in [0.5, 0.6) is 5.75 Å². The van der Waals surface area contributed by atoms with Gasteiger partial charge in [-0.3, -0.25) is 4.90 Å². The predicted octanol–water partition coefficient (Wildman–Crippen LogP) is 3.89. The van der Waals surface area contributed by atoms with Gasteiger partial charge in [0.1, 0.15) is 5.75 Å². The lowest BCUT2D eigenvalue weighted by Gasteiger charge is -2.35. The molecule has 1 heterocycles. The average Bonchev–Trinajstić information content (AvgIpc) is 3.33. The minimum Gasteiger partial charge on any atom is -0.496 e. The van der Waals surface area contributed by atoms with Crippen LogP contribution in [0.15, 0.2) is 42.5 Å². The highest BCUT2D eigenvalue weighted by atomic mass is 16.5. The smallest absolute Gasteiger partial charge is 0.126 e. The molecule has 128 valence electrons. The van der Waals surface area contributed by atoms with Crippen LogP contribution in [0.25, 0.3) is 11.1 Å². The number of nitrogens with one attached hydrogen (secondary N) is 1. The van der Waals surface area contributed by atoms with Crippen LogP contribution in [0.4, 0.5) is 0 Å². The number of hydrogen-bond acceptors (Lipinski definition) is 3. The van der Waals surface area contributed by atoms with Crippen molar-refractivity contribution in [3.63, 3.8) is 0 Å². The number of benzene rings is 2. The molecule has 0 amide bonds. The van der Waals surface area contributed by atoms with E-state index in [0.717, 1.165) is 38.3 Å². The van der Waals surface area contributed by atoms with Crippen molar-refractivity contribution in [1.82, 2.24) is 10.2 Å². The first kappa shape index (κ1) is 17.0. The molecule has 24 heavy (non-hydrogen) atoms. The molecule has 3 nitrogen and oxygen atoms in total. The van der Waals surface area contributed by atoms with Gasteiger partial charge in [-0.15, -0.1) is 0 Å². The van der Waals surface area contributed by atoms with Gasteiger partial charge >= 0.3 is 0 Å². The van der Waals surface area contributed by atoms with Crippen LogP contribution >= 0.6 is 0 Å². The number of fused-ring (bicyclic) bond motifs is 1. The van der Waals surface area contributed by atoms with Crippen molar-refractivity contribution < 1.29 is 4.74 Å². The number of methoxy groups -OCH3 is 1. The summed E-state index contributed by atoms with van der Waals surface area (Å²) in [5.74, 6) is 1.01. The van der Waals surface area contributed by atoms with Crippen molar-refractivity contribution in [3.05, 3.63) is 53.6 Å². The van der Waals surface area contributed by atoms with Gasteiger partial charge in [-0.05, 0) is 41.8 Å². The molecule has 0 saturated carbocycles. The van der Waals surface area contributed by atoms with E-state index in [4.69, 9.17) is 4.74 Å². The first-order chi connectivity index (χ1) is 11.8. The van der Waals surface area contributed by atoms with Crippen LogP contribution in [0.3, 0.4) is 0 Å². The van der Waals surface area contributed by atoms with Crippen molar-refractivity contribution in [3.8, 4) is 16.9 Å². The number of ether oxygens (including phenoxy) is 1. The number of piperazine rings is 1. The van der Waals surface area contributed by atoms with Crippen LogP contribution < -0.4 is 10.1 Å². The molecule has 0 radical (unpaired) electrons. The van der Waals surface area contributed by atoms with E-state index in [9.17, 15) is 0 Å². The molecule has 4 rings (SSSR count). The first-order valence-corrected chi connectivity index (χ1v) is 8.98. The maximum Gasteiger partial charge on any atom is 0.126 e. The molecule has 1 aliphatic heterocycles. The third-order valence-electron chi connectivity index (χ3n) is 4.96. The van der Waals surface area contributed by atoms with Gasteiger partial charge in [0.05, 0.1) is 7.11 Å². The summed E-state index contributed by atoms with van der Waals surface area (Å²) in [6, 6.07) is 15.8. The molecule has 1 aromatic rings. The summed E-state index contributed by atoms with van der Waals surface area (Å²) in [6.07, 6.45) is 1.13. The second-order valence-corrected chi connectivity index (χ2v) is 6.36. The summed E-state index contributed by atoms with van der Waals surface area (Å²) in [5, 5.41) is 3.48. The van der Waals surface area contributed by atoms with Crippen LogP contribution in [-0.4, -0.2) is 38.2 Å². The van der Waals surface area contributed by atoms with Gasteiger partial charge < -0.3 is 10.1 Å². The van der Waals surface area contributed by atoms with Crippen LogP contribution in [0.2, 0.25) is 0 Å². The minimum atomic E-state index is 0.560. The van der Waals surface area contributed by atoms with Crippen molar-refractivity contribution in [2.45, 2.75) is 26.3 Å². The number of nitrogens with zero attached hydrogens (tertiary/aromatic N) is 1. The Labute approximate surface area is 145 Å². The Bertz CT molecular complexity index is 666. The topological polar surface area (TPSA) is 24.5 Å². The van der Waals surface area contributed by atoms with E-state index >= 15 is 0 Å². The summed E-state index contributed by atoms with van der Waals surface area (Å²) in [5.41, 5.74) is 5.50. The number of hydrogen-bond donors (Lipinski definition) is 1. The SMILES string of the molecule is CCc1ccc(C2CNCCN2CC)cc1.COc1ccc2cc1-2. The Balaban J connectivity index is 0.000000175. The van der Waals surface area contributed by atoms with E-state index in [-0.39, 0.29) is 0 Å². The van der Waals surface area contributed by atoms with Gasteiger partial charge in [-0.1, -0.05) is 44.2 Å². The number of likely N-dealkylation sites (N-methyl/N-ethyl adjacent to an activating group) is 1. The molecule has 2 aliphatic carbocycles. The zero-order valence-electron chi connectivity index (χ0n) is 15.0. The number of aryl methyl sites for hydroxylation is 1. The van der Waals surface area contributed by atoms with Gasteiger partial charge in [0.2, 0.25) is 0 Å². The maximum absolute atomic E-state index is 5.01. The summed E-state index contributed by atoms with van der Waals surface area (Å²) < 4.78 is 5.01. The Morgan fingerprint density at radius 2 is 1.92 bits per heavy atom. The summed E-state index contributed by atoms with van der Waals surface area (Å²) >= 11 is 0. The van der Waals surface area contributed by atoms with Crippen molar-refractivity contribution in [2.75, 3.05) is 33.3 Å². The fourth-order valence-electron chi connectivity index (χ4n) is 3.33. The van der Waals surface area contributed by atoms with Gasteiger partial charge in [0, 0.05) is 31.2 Å². The van der Waals surface area contributed by atoms with E-state index in [1.54, 1.807) is 7.11 Å². The Hall–Kier alpha value is -1.84. The second kappa shape index (κ2) is 7.82. The molecule has 1 fully saturated rings. The third kappa shape index (κ3) is 3.80. The zero-order valence-corrected chi connectivity index (χ0v) is 15.0. The summed E-state index contributed by atoms with van der Waals surface area (Å²) in [6.45, 7) is 8.96. The largest absolute Gasteiger partial charge is 0.496 e. The maximum atomic E-state index is 5.01. The van der Waals surface area contributed by atoms with Crippen molar-refractivity contribution in [1.29, 1.82) is 0 Å². The van der Waals surface area contributed by atoms with Crippen molar-refractivity contribution >= 4 is 0 Å². The molecule has 1 saturated heterocycles. The van der Waals surface area contributed by atoms with Crippen molar-refractivity contribution in [2.24, 2.45) is 0 Å². The standard InChI is InChI=1S/C14H22N2.C7H6O/c1-3-12-5-7-13(8-6-12)14-11-15-9-10-16(14)4-2;1-8-7-3-2-5-4-6(5)7/h5-8,14-15H,3-4,9-11H2,1-2H3;2-4H,1H3. The highest BCUT2D eigenvalue weighted by Gasteiger charge is 2.21. The molecule has 3 aliphatic rings. The van der Waals surface area contributed by atoms with Gasteiger partial charge in [0.25, 0.3) is 0 Å². The van der Waals surface area contributed by atoms with E-state index in [2.05, 4.69) is 60.5 Å². The first-order valence-electron chi connectivity index (χ1n) is 8.98. The highest BCUT2D eigenvalue weighted by molar-refractivity contribution is 5.87. The Morgan fingerprint density at radius 1 is 1.12 bits per heavy atom. The molecule has 0 bridgehead atoms. The van der Waals surface area contributed by atoms with E-state index in [1.165, 1.54) is 22.3 Å². The van der Waals surface area contributed by atoms with E-state index < -0.39 is 0 Å². The lowest BCUT2D eigenvalue weighted by atomic mass is 10.0. The molecule has 1 N–H and O–H groups in total. The minimum absolute atomic E-state index is 0.560. The molecule has 0 spiro atoms. The lowest BCUT2D eigenvalue weighted by molar-refractivity contribution is 0.171.